The maximum atomic E-state index is 12.0. The van der Waals surface area contributed by atoms with Gasteiger partial charge >= 0.3 is 0 Å². The summed E-state index contributed by atoms with van der Waals surface area (Å²) >= 11 is 4.70. The van der Waals surface area contributed by atoms with Gasteiger partial charge in [0, 0.05) is 12.0 Å². The molecule has 5 nitrogen and oxygen atoms in total. The predicted octanol–water partition coefficient (Wildman–Crippen LogP) is 0.964. The van der Waals surface area contributed by atoms with Gasteiger partial charge in [0.2, 0.25) is 0 Å². The Morgan fingerprint density at radius 3 is 2.89 bits per heavy atom. The first kappa shape index (κ1) is 14.0. The monoisotopic (exact) mass is 297 g/mol. The number of nitrogens with one attached hydrogen (secondary N) is 1. The van der Waals surface area contributed by atoms with Crippen LogP contribution in [0.4, 0.5) is 0 Å². The van der Waals surface area contributed by atoms with Gasteiger partial charge < -0.3 is 5.73 Å². The standard InChI is InChI=1S/C12H15N3O2S2/c1-2-8-3-4-11-9(7-8)10(14-15-12(13)18)5-6-19(11,16)17/h3-4,7H,2,5-6H2,1H3,(H3,13,15,18)/b14-10+. The van der Waals surface area contributed by atoms with Crippen LogP contribution in [0.15, 0.2) is 28.2 Å². The van der Waals surface area contributed by atoms with E-state index in [9.17, 15) is 8.42 Å². The number of aryl methyl sites for hydroxylation is 1. The second-order valence-corrected chi connectivity index (χ2v) is 6.80. The molecule has 0 spiro atoms. The summed E-state index contributed by atoms with van der Waals surface area (Å²) in [6.45, 7) is 2.02. The molecule has 0 saturated carbocycles. The van der Waals surface area contributed by atoms with Gasteiger partial charge in [-0.25, -0.2) is 8.42 Å². The summed E-state index contributed by atoms with van der Waals surface area (Å²) in [6, 6.07) is 5.35. The summed E-state index contributed by atoms with van der Waals surface area (Å²) in [6.07, 6.45) is 1.20. The Hall–Kier alpha value is -1.47. The number of benzene rings is 1. The predicted molar refractivity (Wildman–Crippen MR) is 78.9 cm³/mol. The number of nitrogens with zero attached hydrogens (tertiary/aromatic N) is 1. The third kappa shape index (κ3) is 2.93. The summed E-state index contributed by atoms with van der Waals surface area (Å²) in [5.41, 5.74) is 10.2. The first-order valence-corrected chi connectivity index (χ1v) is 7.98. The zero-order valence-electron chi connectivity index (χ0n) is 10.5. The average Bonchev–Trinajstić information content (AvgIpc) is 2.37. The number of fused-ring (bicyclic) bond motifs is 1. The number of rotatable bonds is 2. The molecule has 0 amide bonds. The molecule has 1 aliphatic rings. The molecular formula is C12H15N3O2S2. The van der Waals surface area contributed by atoms with Crippen LogP contribution in [0, 0.1) is 0 Å². The molecule has 0 aliphatic carbocycles. The molecule has 0 fully saturated rings. The van der Waals surface area contributed by atoms with Crippen LogP contribution in [0.3, 0.4) is 0 Å². The summed E-state index contributed by atoms with van der Waals surface area (Å²) < 4.78 is 24.1. The van der Waals surface area contributed by atoms with Crippen molar-refractivity contribution >= 4 is 32.9 Å². The Bertz CT molecular complexity index is 651. The molecule has 0 unspecified atom stereocenters. The van der Waals surface area contributed by atoms with E-state index in [1.165, 1.54) is 0 Å². The fourth-order valence-corrected chi connectivity index (χ4v) is 3.52. The number of thiocarbonyl (C=S) groups is 1. The zero-order chi connectivity index (χ0) is 14.0. The van der Waals surface area contributed by atoms with E-state index in [2.05, 4.69) is 10.5 Å². The molecule has 1 aliphatic heterocycles. The molecule has 19 heavy (non-hydrogen) atoms. The smallest absolute Gasteiger partial charge is 0.184 e. The molecule has 7 heteroatoms. The van der Waals surface area contributed by atoms with Crippen LogP contribution < -0.4 is 11.2 Å². The largest absolute Gasteiger partial charge is 0.375 e. The van der Waals surface area contributed by atoms with Gasteiger partial charge in [0.05, 0.1) is 16.4 Å². The summed E-state index contributed by atoms with van der Waals surface area (Å²) in [5.74, 6) is 0.0588. The number of nitrogens with two attached hydrogens (primary N) is 1. The molecular weight excluding hydrogens is 282 g/mol. The van der Waals surface area contributed by atoms with Crippen LogP contribution in [0.2, 0.25) is 0 Å². The van der Waals surface area contributed by atoms with Crippen molar-refractivity contribution in [3.8, 4) is 0 Å². The van der Waals surface area contributed by atoms with E-state index in [0.29, 0.717) is 22.6 Å². The molecule has 2 rings (SSSR count). The van der Waals surface area contributed by atoms with Crippen LogP contribution in [0.1, 0.15) is 24.5 Å². The first-order chi connectivity index (χ1) is 8.94. The lowest BCUT2D eigenvalue weighted by Gasteiger charge is -2.19. The number of sulfone groups is 1. The first-order valence-electron chi connectivity index (χ1n) is 5.92. The lowest BCUT2D eigenvalue weighted by atomic mass is 10.0. The maximum Gasteiger partial charge on any atom is 0.184 e. The van der Waals surface area contributed by atoms with Crippen molar-refractivity contribution in [1.29, 1.82) is 0 Å². The molecule has 0 radical (unpaired) electrons. The van der Waals surface area contributed by atoms with Gasteiger partial charge in [0.15, 0.2) is 14.9 Å². The zero-order valence-corrected chi connectivity index (χ0v) is 12.1. The second-order valence-electron chi connectivity index (χ2n) is 4.29. The molecule has 1 aromatic rings. The number of hydrogen-bond acceptors (Lipinski definition) is 4. The fraction of sp³-hybridized carbons (Fsp3) is 0.333. The summed E-state index contributed by atoms with van der Waals surface area (Å²) in [5, 5.41) is 4.17. The summed E-state index contributed by atoms with van der Waals surface area (Å²) in [4.78, 5) is 0.333. The van der Waals surface area contributed by atoms with Crippen molar-refractivity contribution in [1.82, 2.24) is 5.43 Å². The second kappa shape index (κ2) is 5.26. The van der Waals surface area contributed by atoms with Gasteiger partial charge in [-0.2, -0.15) is 5.10 Å². The van der Waals surface area contributed by atoms with Gasteiger partial charge in [-0.1, -0.05) is 13.0 Å². The van der Waals surface area contributed by atoms with E-state index in [-0.39, 0.29) is 10.9 Å². The van der Waals surface area contributed by atoms with Crippen molar-refractivity contribution in [3.63, 3.8) is 0 Å². The minimum absolute atomic E-state index is 0.0588. The molecule has 0 saturated heterocycles. The Morgan fingerprint density at radius 1 is 1.53 bits per heavy atom. The van der Waals surface area contributed by atoms with Crippen LogP contribution >= 0.6 is 12.2 Å². The van der Waals surface area contributed by atoms with Crippen molar-refractivity contribution in [3.05, 3.63) is 29.3 Å². The molecule has 0 atom stereocenters. The maximum absolute atomic E-state index is 12.0. The highest BCUT2D eigenvalue weighted by atomic mass is 32.2. The quantitative estimate of drug-likeness (QED) is 0.627. The lowest BCUT2D eigenvalue weighted by Crippen LogP contribution is -2.28. The fourth-order valence-electron chi connectivity index (χ4n) is 2.01. The Kier molecular flexibility index (Phi) is 3.86. The Morgan fingerprint density at radius 2 is 2.26 bits per heavy atom. The van der Waals surface area contributed by atoms with Crippen LogP contribution in [0.5, 0.6) is 0 Å². The molecule has 0 bridgehead atoms. The van der Waals surface area contributed by atoms with E-state index in [0.717, 1.165) is 12.0 Å². The highest BCUT2D eigenvalue weighted by Crippen LogP contribution is 2.26. The summed E-state index contributed by atoms with van der Waals surface area (Å²) in [7, 11) is -3.21. The number of hydrogen-bond donors (Lipinski definition) is 2. The molecule has 0 aromatic heterocycles. The SMILES string of the molecule is CCc1ccc2c(c1)/C(=N/NC(N)=S)CCS2(=O)=O. The molecule has 1 aromatic carbocycles. The van der Waals surface area contributed by atoms with E-state index in [1.807, 2.05) is 19.1 Å². The minimum Gasteiger partial charge on any atom is -0.375 e. The third-order valence-corrected chi connectivity index (χ3v) is 4.87. The van der Waals surface area contributed by atoms with E-state index >= 15 is 0 Å². The topological polar surface area (TPSA) is 84.5 Å². The van der Waals surface area contributed by atoms with E-state index < -0.39 is 9.84 Å². The highest BCUT2D eigenvalue weighted by molar-refractivity contribution is 7.91. The van der Waals surface area contributed by atoms with Crippen molar-refractivity contribution in [2.75, 3.05) is 5.75 Å². The van der Waals surface area contributed by atoms with Crippen molar-refractivity contribution in [2.24, 2.45) is 10.8 Å². The molecule has 1 heterocycles. The van der Waals surface area contributed by atoms with E-state index in [1.54, 1.807) is 6.07 Å². The third-order valence-electron chi connectivity index (χ3n) is 3.01. The molecule has 102 valence electrons. The van der Waals surface area contributed by atoms with Gasteiger partial charge in [0.25, 0.3) is 0 Å². The van der Waals surface area contributed by atoms with Gasteiger partial charge in [-0.05, 0) is 36.3 Å². The average molecular weight is 297 g/mol. The van der Waals surface area contributed by atoms with Crippen LogP contribution in [-0.4, -0.2) is 25.0 Å². The Labute approximate surface area is 117 Å². The highest BCUT2D eigenvalue weighted by Gasteiger charge is 2.27. The van der Waals surface area contributed by atoms with Crippen LogP contribution in [0.25, 0.3) is 0 Å². The van der Waals surface area contributed by atoms with Crippen molar-refractivity contribution < 1.29 is 8.42 Å². The van der Waals surface area contributed by atoms with Gasteiger partial charge in [0.1, 0.15) is 0 Å². The van der Waals surface area contributed by atoms with Gasteiger partial charge in [-0.3, -0.25) is 5.43 Å². The van der Waals surface area contributed by atoms with Crippen LogP contribution in [-0.2, 0) is 16.3 Å². The lowest BCUT2D eigenvalue weighted by molar-refractivity contribution is 0.594. The molecule has 3 N–H and O–H groups in total. The Balaban J connectivity index is 2.54. The van der Waals surface area contributed by atoms with E-state index in [4.69, 9.17) is 18.0 Å². The minimum atomic E-state index is -3.21. The normalized spacial score (nSPS) is 18.9. The number of hydrazone groups is 1. The van der Waals surface area contributed by atoms with Crippen molar-refractivity contribution in [2.45, 2.75) is 24.7 Å². The van der Waals surface area contributed by atoms with Gasteiger partial charge in [-0.15, -0.1) is 0 Å².